The predicted molar refractivity (Wildman–Crippen MR) is 61.6 cm³/mol. The van der Waals surface area contributed by atoms with Crippen molar-refractivity contribution in [3.63, 3.8) is 0 Å². The number of nitrogens with one attached hydrogen (secondary N) is 1. The monoisotopic (exact) mass is 199 g/mol. The number of hydrogen-bond donors (Lipinski definition) is 1. The van der Waals surface area contributed by atoms with Crippen LogP contribution >= 0.6 is 11.3 Å². The topological polar surface area (TPSA) is 15.8 Å². The highest BCUT2D eigenvalue weighted by molar-refractivity contribution is 7.17. The van der Waals surface area contributed by atoms with Crippen molar-refractivity contribution >= 4 is 21.4 Å². The van der Waals surface area contributed by atoms with Crippen LogP contribution in [0.2, 0.25) is 0 Å². The molecule has 2 heteroatoms. The number of aromatic amines is 1. The van der Waals surface area contributed by atoms with Crippen molar-refractivity contribution in [3.05, 3.63) is 48.0 Å². The first-order valence-corrected chi connectivity index (χ1v) is 5.43. The Morgan fingerprint density at radius 1 is 1.00 bits per heavy atom. The summed E-state index contributed by atoms with van der Waals surface area (Å²) in [5.41, 5.74) is 2.50. The molecular weight excluding hydrogens is 190 g/mol. The van der Waals surface area contributed by atoms with E-state index in [1.165, 1.54) is 21.3 Å². The molecule has 0 aliphatic heterocycles. The van der Waals surface area contributed by atoms with Gasteiger partial charge in [-0.1, -0.05) is 18.2 Å². The van der Waals surface area contributed by atoms with Gasteiger partial charge in [0.15, 0.2) is 0 Å². The molecule has 0 bridgehead atoms. The van der Waals surface area contributed by atoms with Gasteiger partial charge in [0.2, 0.25) is 0 Å². The van der Waals surface area contributed by atoms with Crippen molar-refractivity contribution in [3.8, 4) is 11.3 Å². The lowest BCUT2D eigenvalue weighted by Gasteiger charge is -1.94. The van der Waals surface area contributed by atoms with Crippen LogP contribution in [0.4, 0.5) is 0 Å². The minimum atomic E-state index is 1.20. The van der Waals surface area contributed by atoms with Crippen molar-refractivity contribution in [2.75, 3.05) is 0 Å². The van der Waals surface area contributed by atoms with Crippen molar-refractivity contribution in [2.45, 2.75) is 0 Å². The first kappa shape index (κ1) is 7.83. The molecule has 0 saturated carbocycles. The van der Waals surface area contributed by atoms with Gasteiger partial charge in [-0.2, -0.15) is 0 Å². The summed E-state index contributed by atoms with van der Waals surface area (Å²) in [5, 5.41) is 3.54. The average Bonchev–Trinajstić information content (AvgIpc) is 2.85. The first-order chi connectivity index (χ1) is 6.95. The maximum atomic E-state index is 3.24. The molecule has 2 heterocycles. The Morgan fingerprint density at radius 2 is 1.93 bits per heavy atom. The Bertz CT molecular complexity index is 548. The van der Waals surface area contributed by atoms with Crippen LogP contribution in [-0.2, 0) is 0 Å². The number of H-pyrrole nitrogens is 1. The Kier molecular flexibility index (Phi) is 1.67. The van der Waals surface area contributed by atoms with Crippen LogP contribution in [0.15, 0.2) is 48.0 Å². The Morgan fingerprint density at radius 3 is 2.79 bits per heavy atom. The van der Waals surface area contributed by atoms with Crippen LogP contribution in [-0.4, -0.2) is 4.98 Å². The molecule has 2 aromatic heterocycles. The van der Waals surface area contributed by atoms with Crippen LogP contribution in [0.3, 0.4) is 0 Å². The van der Waals surface area contributed by atoms with E-state index >= 15 is 0 Å². The SMILES string of the molecule is c1c[nH]c(-c2csc3ccccc23)c1. The number of hydrogen-bond acceptors (Lipinski definition) is 1. The lowest BCUT2D eigenvalue weighted by atomic mass is 10.1. The predicted octanol–water partition coefficient (Wildman–Crippen LogP) is 3.90. The van der Waals surface area contributed by atoms with Crippen molar-refractivity contribution in [1.82, 2.24) is 4.98 Å². The summed E-state index contributed by atoms with van der Waals surface area (Å²) in [6, 6.07) is 12.6. The highest BCUT2D eigenvalue weighted by Gasteiger charge is 2.05. The maximum absolute atomic E-state index is 3.24. The average molecular weight is 199 g/mol. The highest BCUT2D eigenvalue weighted by atomic mass is 32.1. The second-order valence-corrected chi connectivity index (χ2v) is 4.14. The van der Waals surface area contributed by atoms with Gasteiger partial charge in [0.25, 0.3) is 0 Å². The van der Waals surface area contributed by atoms with E-state index in [1.54, 1.807) is 11.3 Å². The van der Waals surface area contributed by atoms with E-state index in [9.17, 15) is 0 Å². The van der Waals surface area contributed by atoms with Gasteiger partial charge in [0.1, 0.15) is 0 Å². The quantitative estimate of drug-likeness (QED) is 0.612. The summed E-state index contributed by atoms with van der Waals surface area (Å²) < 4.78 is 1.34. The summed E-state index contributed by atoms with van der Waals surface area (Å²) in [7, 11) is 0. The third-order valence-electron chi connectivity index (χ3n) is 2.37. The number of thiophene rings is 1. The lowest BCUT2D eigenvalue weighted by Crippen LogP contribution is -1.72. The van der Waals surface area contributed by atoms with E-state index < -0.39 is 0 Å². The fourth-order valence-corrected chi connectivity index (χ4v) is 2.65. The summed E-state index contributed by atoms with van der Waals surface area (Å²) in [5.74, 6) is 0. The zero-order chi connectivity index (χ0) is 9.38. The smallest absolute Gasteiger partial charge is 0.0468 e. The number of rotatable bonds is 1. The molecule has 3 rings (SSSR count). The molecule has 0 atom stereocenters. The highest BCUT2D eigenvalue weighted by Crippen LogP contribution is 2.32. The largest absolute Gasteiger partial charge is 0.361 e. The van der Waals surface area contributed by atoms with E-state index in [0.717, 1.165) is 0 Å². The summed E-state index contributed by atoms with van der Waals surface area (Å²) in [6.07, 6.45) is 1.96. The van der Waals surface area contributed by atoms with E-state index in [0.29, 0.717) is 0 Å². The Balaban J connectivity index is 2.33. The number of benzene rings is 1. The molecule has 0 aliphatic rings. The third kappa shape index (κ3) is 1.08. The molecule has 1 N–H and O–H groups in total. The number of fused-ring (bicyclic) bond motifs is 1. The molecule has 0 spiro atoms. The van der Waals surface area contributed by atoms with Crippen LogP contribution in [0.5, 0.6) is 0 Å². The molecule has 0 saturated heterocycles. The Hall–Kier alpha value is -1.54. The van der Waals surface area contributed by atoms with Crippen LogP contribution in [0.25, 0.3) is 21.3 Å². The van der Waals surface area contributed by atoms with Crippen molar-refractivity contribution in [1.29, 1.82) is 0 Å². The van der Waals surface area contributed by atoms with E-state index in [1.807, 2.05) is 12.3 Å². The molecule has 68 valence electrons. The molecule has 14 heavy (non-hydrogen) atoms. The van der Waals surface area contributed by atoms with Crippen molar-refractivity contribution < 1.29 is 0 Å². The van der Waals surface area contributed by atoms with Gasteiger partial charge >= 0.3 is 0 Å². The van der Waals surface area contributed by atoms with Gasteiger partial charge in [-0.05, 0) is 18.2 Å². The second-order valence-electron chi connectivity index (χ2n) is 3.23. The normalized spacial score (nSPS) is 10.9. The van der Waals surface area contributed by atoms with Gasteiger partial charge in [0, 0.05) is 32.9 Å². The molecule has 0 unspecified atom stereocenters. The Labute approximate surface area is 86.0 Å². The molecule has 0 amide bonds. The van der Waals surface area contributed by atoms with Crippen molar-refractivity contribution in [2.24, 2.45) is 0 Å². The van der Waals surface area contributed by atoms with Crippen LogP contribution in [0, 0.1) is 0 Å². The fraction of sp³-hybridized carbons (Fsp3) is 0. The van der Waals surface area contributed by atoms with Crippen LogP contribution < -0.4 is 0 Å². The minimum Gasteiger partial charge on any atom is -0.361 e. The summed E-state index contributed by atoms with van der Waals surface area (Å²) in [4.78, 5) is 3.24. The van der Waals surface area contributed by atoms with Crippen LogP contribution in [0.1, 0.15) is 0 Å². The van der Waals surface area contributed by atoms with Gasteiger partial charge in [0.05, 0.1) is 0 Å². The van der Waals surface area contributed by atoms with E-state index in [2.05, 4.69) is 40.7 Å². The van der Waals surface area contributed by atoms with Gasteiger partial charge in [-0.15, -0.1) is 11.3 Å². The summed E-state index contributed by atoms with van der Waals surface area (Å²) in [6.45, 7) is 0. The fourth-order valence-electron chi connectivity index (χ4n) is 1.68. The standard InChI is InChI=1S/C12H9NS/c1-2-6-12-9(4-1)10(8-14-12)11-5-3-7-13-11/h1-8,13H. The molecule has 0 fully saturated rings. The van der Waals surface area contributed by atoms with Gasteiger partial charge in [-0.25, -0.2) is 0 Å². The molecule has 1 aromatic carbocycles. The lowest BCUT2D eigenvalue weighted by molar-refractivity contribution is 1.42. The molecule has 0 aliphatic carbocycles. The van der Waals surface area contributed by atoms with Gasteiger partial charge in [-0.3, -0.25) is 0 Å². The zero-order valence-electron chi connectivity index (χ0n) is 7.53. The molecule has 1 nitrogen and oxygen atoms in total. The van der Waals surface area contributed by atoms with Gasteiger partial charge < -0.3 is 4.98 Å². The molecular formula is C12H9NS. The molecule has 3 aromatic rings. The zero-order valence-corrected chi connectivity index (χ0v) is 8.34. The maximum Gasteiger partial charge on any atom is 0.0468 e. The minimum absolute atomic E-state index is 1.20. The second kappa shape index (κ2) is 3.00. The summed E-state index contributed by atoms with van der Waals surface area (Å²) >= 11 is 1.79. The third-order valence-corrected chi connectivity index (χ3v) is 3.33. The van der Waals surface area contributed by atoms with E-state index in [4.69, 9.17) is 0 Å². The molecule has 0 radical (unpaired) electrons. The first-order valence-electron chi connectivity index (χ1n) is 4.55. The number of aromatic nitrogens is 1. The van der Waals surface area contributed by atoms with E-state index in [-0.39, 0.29) is 0 Å².